The lowest BCUT2D eigenvalue weighted by Crippen LogP contribution is -2.39. The Kier molecular flexibility index (Phi) is 5.79. The molecule has 2 fully saturated rings. The molecule has 9 heteroatoms. The molecule has 5 rings (SSSR count). The monoisotopic (exact) mass is 433 g/mol. The van der Waals surface area contributed by atoms with Crippen molar-refractivity contribution in [1.82, 2.24) is 30.0 Å². The fourth-order valence-corrected chi connectivity index (χ4v) is 4.47. The Labute approximate surface area is 186 Å². The summed E-state index contributed by atoms with van der Waals surface area (Å²) in [5, 5.41) is 4.11. The lowest BCUT2D eigenvalue weighted by Gasteiger charge is -2.31. The van der Waals surface area contributed by atoms with Crippen molar-refractivity contribution in [2.45, 2.75) is 44.9 Å². The molecule has 0 bridgehead atoms. The van der Waals surface area contributed by atoms with E-state index < -0.39 is 0 Å². The largest absolute Gasteiger partial charge is 0.341 e. The van der Waals surface area contributed by atoms with E-state index in [0.717, 1.165) is 43.1 Å². The van der Waals surface area contributed by atoms with Crippen LogP contribution in [0.4, 0.5) is 5.95 Å². The van der Waals surface area contributed by atoms with Crippen LogP contribution in [-0.4, -0.2) is 62.1 Å². The van der Waals surface area contributed by atoms with Crippen LogP contribution in [0.2, 0.25) is 0 Å². The van der Waals surface area contributed by atoms with Crippen molar-refractivity contribution in [3.05, 3.63) is 47.9 Å². The molecule has 2 saturated heterocycles. The summed E-state index contributed by atoms with van der Waals surface area (Å²) in [6.45, 7) is 5.25. The third kappa shape index (κ3) is 4.06. The molecule has 0 aliphatic carbocycles. The molecule has 32 heavy (non-hydrogen) atoms. The van der Waals surface area contributed by atoms with Gasteiger partial charge < -0.3 is 14.3 Å². The van der Waals surface area contributed by atoms with Crippen LogP contribution in [-0.2, 0) is 6.42 Å². The van der Waals surface area contributed by atoms with Gasteiger partial charge in [0.15, 0.2) is 0 Å². The highest BCUT2D eigenvalue weighted by molar-refractivity contribution is 5.95. The van der Waals surface area contributed by atoms with Crippen molar-refractivity contribution in [2.24, 2.45) is 0 Å². The second-order valence-corrected chi connectivity index (χ2v) is 8.37. The Hall–Kier alpha value is -3.36. The molecule has 5 heterocycles. The van der Waals surface area contributed by atoms with E-state index in [1.807, 2.05) is 24.0 Å². The fourth-order valence-electron chi connectivity index (χ4n) is 4.47. The summed E-state index contributed by atoms with van der Waals surface area (Å²) in [5.74, 6) is 1.82. The summed E-state index contributed by atoms with van der Waals surface area (Å²) in [6.07, 6.45) is 9.94. The summed E-state index contributed by atoms with van der Waals surface area (Å²) in [5.41, 5.74) is 2.22. The number of amides is 1. The number of carbonyl (C=O) groups is 1. The number of hydrogen-bond acceptors (Lipinski definition) is 8. The molecule has 1 atom stereocenters. The number of hydrogen-bond donors (Lipinski definition) is 0. The van der Waals surface area contributed by atoms with Gasteiger partial charge in [-0.3, -0.25) is 9.78 Å². The molecule has 2 aliphatic heterocycles. The summed E-state index contributed by atoms with van der Waals surface area (Å²) in [4.78, 5) is 35.4. The number of carbonyl (C=O) groups excluding carboxylic acids is 1. The minimum atomic E-state index is -0.0217. The SMILES string of the molecule is CCc1nc(N2CCCC2)ncc1C(=O)N1CCC[C@H](c2nc(-c3cccnc3)no2)C1. The van der Waals surface area contributed by atoms with Crippen LogP contribution in [0.1, 0.15) is 60.5 Å². The minimum Gasteiger partial charge on any atom is -0.341 e. The summed E-state index contributed by atoms with van der Waals surface area (Å²) < 4.78 is 5.55. The third-order valence-corrected chi connectivity index (χ3v) is 6.23. The van der Waals surface area contributed by atoms with E-state index in [1.54, 1.807) is 18.6 Å². The lowest BCUT2D eigenvalue weighted by molar-refractivity contribution is 0.0693. The van der Waals surface area contributed by atoms with E-state index >= 15 is 0 Å². The normalized spacial score (nSPS) is 18.8. The number of piperidine rings is 1. The maximum absolute atomic E-state index is 13.4. The molecule has 1 amide bonds. The molecule has 0 saturated carbocycles. The second kappa shape index (κ2) is 9.02. The molecular formula is C23H27N7O2. The van der Waals surface area contributed by atoms with Crippen molar-refractivity contribution in [3.63, 3.8) is 0 Å². The average Bonchev–Trinajstić information content (AvgIpc) is 3.57. The first-order chi connectivity index (χ1) is 15.7. The van der Waals surface area contributed by atoms with Crippen LogP contribution >= 0.6 is 0 Å². The standard InChI is InChI=1S/C23H27N7O2/c1-2-19-18(14-25-23(26-19)29-10-3-4-11-29)22(31)30-12-6-8-17(15-30)21-27-20(28-32-21)16-7-5-9-24-13-16/h5,7,9,13-14,17H,2-4,6,8,10-12,15H2,1H3/t17-/m0/s1. The zero-order chi connectivity index (χ0) is 21.9. The van der Waals surface area contributed by atoms with Gasteiger partial charge in [0, 0.05) is 50.3 Å². The number of likely N-dealkylation sites (tertiary alicyclic amines) is 1. The quantitative estimate of drug-likeness (QED) is 0.605. The Morgan fingerprint density at radius 3 is 2.81 bits per heavy atom. The Balaban J connectivity index is 1.32. The van der Waals surface area contributed by atoms with Crippen LogP contribution in [0.15, 0.2) is 35.2 Å². The van der Waals surface area contributed by atoms with Crippen molar-refractivity contribution in [2.75, 3.05) is 31.1 Å². The molecule has 2 aliphatic rings. The number of aromatic nitrogens is 5. The van der Waals surface area contributed by atoms with Crippen molar-refractivity contribution >= 4 is 11.9 Å². The smallest absolute Gasteiger partial charge is 0.257 e. The predicted octanol–water partition coefficient (Wildman–Crippen LogP) is 3.10. The number of aryl methyl sites for hydroxylation is 1. The first-order valence-corrected chi connectivity index (χ1v) is 11.4. The van der Waals surface area contributed by atoms with Crippen LogP contribution in [0.5, 0.6) is 0 Å². The molecule has 0 radical (unpaired) electrons. The highest BCUT2D eigenvalue weighted by atomic mass is 16.5. The molecule has 3 aromatic heterocycles. The zero-order valence-electron chi connectivity index (χ0n) is 18.3. The Bertz CT molecular complexity index is 1080. The Morgan fingerprint density at radius 2 is 2.03 bits per heavy atom. The van der Waals surface area contributed by atoms with Gasteiger partial charge in [-0.2, -0.15) is 4.98 Å². The predicted molar refractivity (Wildman–Crippen MR) is 118 cm³/mol. The van der Waals surface area contributed by atoms with E-state index in [-0.39, 0.29) is 11.8 Å². The van der Waals surface area contributed by atoms with Crippen LogP contribution in [0, 0.1) is 0 Å². The van der Waals surface area contributed by atoms with E-state index in [1.165, 1.54) is 12.8 Å². The highest BCUT2D eigenvalue weighted by Gasteiger charge is 2.30. The van der Waals surface area contributed by atoms with Crippen molar-refractivity contribution < 1.29 is 9.32 Å². The molecular weight excluding hydrogens is 406 g/mol. The number of nitrogens with zero attached hydrogens (tertiary/aromatic N) is 7. The topological polar surface area (TPSA) is 101 Å². The summed E-state index contributed by atoms with van der Waals surface area (Å²) >= 11 is 0. The molecule has 0 spiro atoms. The van der Waals surface area contributed by atoms with Crippen LogP contribution < -0.4 is 4.90 Å². The van der Waals surface area contributed by atoms with Gasteiger partial charge in [-0.05, 0) is 44.2 Å². The average molecular weight is 434 g/mol. The van der Waals surface area contributed by atoms with E-state index in [2.05, 4.69) is 25.0 Å². The summed E-state index contributed by atoms with van der Waals surface area (Å²) in [6, 6.07) is 3.74. The van der Waals surface area contributed by atoms with Gasteiger partial charge in [-0.15, -0.1) is 0 Å². The highest BCUT2D eigenvalue weighted by Crippen LogP contribution is 2.29. The van der Waals surface area contributed by atoms with Gasteiger partial charge in [0.2, 0.25) is 17.7 Å². The van der Waals surface area contributed by atoms with Crippen LogP contribution in [0.25, 0.3) is 11.4 Å². The van der Waals surface area contributed by atoms with E-state index in [4.69, 9.17) is 9.51 Å². The maximum atomic E-state index is 13.4. The van der Waals surface area contributed by atoms with E-state index in [0.29, 0.717) is 36.8 Å². The zero-order valence-corrected chi connectivity index (χ0v) is 18.3. The van der Waals surface area contributed by atoms with Gasteiger partial charge in [0.1, 0.15) is 0 Å². The molecule has 0 aromatic carbocycles. The van der Waals surface area contributed by atoms with E-state index in [9.17, 15) is 4.79 Å². The van der Waals surface area contributed by atoms with Gasteiger partial charge in [0.25, 0.3) is 5.91 Å². The first kappa shape index (κ1) is 20.5. The number of anilines is 1. The van der Waals surface area contributed by atoms with Crippen molar-refractivity contribution in [3.8, 4) is 11.4 Å². The summed E-state index contributed by atoms with van der Waals surface area (Å²) in [7, 11) is 0. The second-order valence-electron chi connectivity index (χ2n) is 8.37. The number of pyridine rings is 1. The molecule has 166 valence electrons. The molecule has 0 N–H and O–H groups in total. The van der Waals surface area contributed by atoms with Gasteiger partial charge in [0.05, 0.1) is 17.2 Å². The van der Waals surface area contributed by atoms with Gasteiger partial charge >= 0.3 is 0 Å². The molecule has 0 unspecified atom stereocenters. The maximum Gasteiger partial charge on any atom is 0.257 e. The minimum absolute atomic E-state index is 0.0143. The first-order valence-electron chi connectivity index (χ1n) is 11.4. The van der Waals surface area contributed by atoms with Crippen molar-refractivity contribution in [1.29, 1.82) is 0 Å². The van der Waals surface area contributed by atoms with Gasteiger partial charge in [-0.25, -0.2) is 9.97 Å². The van der Waals surface area contributed by atoms with Gasteiger partial charge in [-0.1, -0.05) is 12.1 Å². The number of rotatable bonds is 5. The Morgan fingerprint density at radius 1 is 1.16 bits per heavy atom. The third-order valence-electron chi connectivity index (χ3n) is 6.23. The fraction of sp³-hybridized carbons (Fsp3) is 0.478. The molecule has 9 nitrogen and oxygen atoms in total. The molecule has 3 aromatic rings. The lowest BCUT2D eigenvalue weighted by atomic mass is 9.97. The van der Waals surface area contributed by atoms with Crippen LogP contribution in [0.3, 0.4) is 0 Å².